The van der Waals surface area contributed by atoms with Crippen molar-refractivity contribution < 1.29 is 18.7 Å². The highest BCUT2D eigenvalue weighted by molar-refractivity contribution is 5.99. The third kappa shape index (κ3) is 3.60. The minimum absolute atomic E-state index is 0.168. The van der Waals surface area contributed by atoms with Crippen LogP contribution in [0, 0.1) is 12.7 Å². The van der Waals surface area contributed by atoms with Gasteiger partial charge in [0.25, 0.3) is 0 Å². The lowest BCUT2D eigenvalue weighted by atomic mass is 10.1. The van der Waals surface area contributed by atoms with Crippen LogP contribution in [0.15, 0.2) is 42.5 Å². The Morgan fingerprint density at radius 3 is 2.29 bits per heavy atom. The Hall–Kier alpha value is -2.36. The number of hydrogen-bond acceptors (Lipinski definition) is 3. The monoisotopic (exact) mass is 288 g/mol. The van der Waals surface area contributed by atoms with Gasteiger partial charge in [0.2, 0.25) is 5.78 Å². The van der Waals surface area contributed by atoms with E-state index in [1.165, 1.54) is 6.07 Å². The van der Waals surface area contributed by atoms with Crippen molar-refractivity contribution in [2.75, 3.05) is 7.11 Å². The van der Waals surface area contributed by atoms with Crippen LogP contribution in [0.3, 0.4) is 0 Å². The molecule has 0 spiro atoms. The zero-order valence-electron chi connectivity index (χ0n) is 12.2. The molecule has 0 radical (unpaired) electrons. The highest BCUT2D eigenvalue weighted by atomic mass is 19.1. The van der Waals surface area contributed by atoms with Gasteiger partial charge in [-0.2, -0.15) is 0 Å². The molecule has 0 fully saturated rings. The maximum Gasteiger partial charge on any atom is 0.202 e. The minimum atomic E-state index is -0.694. The molecule has 0 aromatic heterocycles. The number of rotatable bonds is 5. The highest BCUT2D eigenvalue weighted by Crippen LogP contribution is 2.19. The van der Waals surface area contributed by atoms with Crippen molar-refractivity contribution in [3.8, 4) is 11.5 Å². The van der Waals surface area contributed by atoms with Gasteiger partial charge in [-0.1, -0.05) is 6.07 Å². The normalized spacial score (nSPS) is 11.8. The summed E-state index contributed by atoms with van der Waals surface area (Å²) in [6.07, 6.45) is -0.694. The highest BCUT2D eigenvalue weighted by Gasteiger charge is 2.17. The Morgan fingerprint density at radius 1 is 1.10 bits per heavy atom. The zero-order chi connectivity index (χ0) is 15.4. The molecule has 110 valence electrons. The van der Waals surface area contributed by atoms with E-state index in [4.69, 9.17) is 9.47 Å². The van der Waals surface area contributed by atoms with Crippen molar-refractivity contribution in [2.45, 2.75) is 20.0 Å². The summed E-state index contributed by atoms with van der Waals surface area (Å²) in [7, 11) is 1.56. The number of ether oxygens (including phenoxy) is 2. The number of ketones is 1. The van der Waals surface area contributed by atoms with Gasteiger partial charge in [0.05, 0.1) is 7.11 Å². The van der Waals surface area contributed by atoms with E-state index in [1.54, 1.807) is 57.4 Å². The number of carbonyl (C=O) groups excluding carboxylic acids is 1. The summed E-state index contributed by atoms with van der Waals surface area (Å²) >= 11 is 0. The second-order valence-corrected chi connectivity index (χ2v) is 4.76. The number of hydrogen-bond donors (Lipinski definition) is 0. The summed E-state index contributed by atoms with van der Waals surface area (Å²) in [6.45, 7) is 3.31. The van der Waals surface area contributed by atoms with Crippen LogP contribution in [0.1, 0.15) is 22.8 Å². The molecule has 0 aliphatic rings. The Kier molecular flexibility index (Phi) is 4.58. The standard InChI is InChI=1S/C17H17FO3/c1-11-4-7-15(10-16(11)18)21-12(2)17(19)13-5-8-14(20-3)9-6-13/h4-10,12H,1-3H3. The van der Waals surface area contributed by atoms with E-state index in [9.17, 15) is 9.18 Å². The minimum Gasteiger partial charge on any atom is -0.497 e. The molecule has 0 saturated carbocycles. The van der Waals surface area contributed by atoms with Crippen LogP contribution < -0.4 is 9.47 Å². The van der Waals surface area contributed by atoms with Crippen molar-refractivity contribution in [3.63, 3.8) is 0 Å². The van der Waals surface area contributed by atoms with E-state index in [2.05, 4.69) is 0 Å². The van der Waals surface area contributed by atoms with Crippen LogP contribution in [0.2, 0.25) is 0 Å². The predicted molar refractivity (Wildman–Crippen MR) is 78.6 cm³/mol. The Balaban J connectivity index is 2.09. The second-order valence-electron chi connectivity index (χ2n) is 4.76. The molecule has 3 nitrogen and oxygen atoms in total. The molecule has 0 bridgehead atoms. The van der Waals surface area contributed by atoms with Crippen LogP contribution in [-0.2, 0) is 0 Å². The quantitative estimate of drug-likeness (QED) is 0.785. The first-order valence-electron chi connectivity index (χ1n) is 6.62. The van der Waals surface area contributed by atoms with E-state index in [0.717, 1.165) is 0 Å². The number of methoxy groups -OCH3 is 1. The van der Waals surface area contributed by atoms with Crippen LogP contribution in [0.25, 0.3) is 0 Å². The Bertz CT molecular complexity index is 635. The van der Waals surface area contributed by atoms with Crippen LogP contribution in [-0.4, -0.2) is 19.0 Å². The molecule has 2 aromatic carbocycles. The molecule has 2 rings (SSSR count). The van der Waals surface area contributed by atoms with Crippen LogP contribution in [0.5, 0.6) is 11.5 Å². The fourth-order valence-electron chi connectivity index (χ4n) is 1.89. The summed E-state index contributed by atoms with van der Waals surface area (Å²) in [5.41, 5.74) is 1.06. The first kappa shape index (κ1) is 15.0. The van der Waals surface area contributed by atoms with Gasteiger partial charge in [-0.15, -0.1) is 0 Å². The summed E-state index contributed by atoms with van der Waals surface area (Å²) in [6, 6.07) is 11.3. The molecule has 4 heteroatoms. The Labute approximate surface area is 123 Å². The van der Waals surface area contributed by atoms with E-state index < -0.39 is 6.10 Å². The van der Waals surface area contributed by atoms with Gasteiger partial charge in [0.15, 0.2) is 6.10 Å². The number of benzene rings is 2. The Morgan fingerprint density at radius 2 is 1.71 bits per heavy atom. The van der Waals surface area contributed by atoms with Gasteiger partial charge in [-0.05, 0) is 49.7 Å². The van der Waals surface area contributed by atoms with Gasteiger partial charge >= 0.3 is 0 Å². The van der Waals surface area contributed by atoms with Crippen molar-refractivity contribution in [2.24, 2.45) is 0 Å². The SMILES string of the molecule is COc1ccc(C(=O)C(C)Oc2ccc(C)c(F)c2)cc1. The van der Waals surface area contributed by atoms with Crippen molar-refractivity contribution in [1.82, 2.24) is 0 Å². The topological polar surface area (TPSA) is 35.5 Å². The van der Waals surface area contributed by atoms with E-state index in [-0.39, 0.29) is 11.6 Å². The first-order chi connectivity index (χ1) is 10.0. The van der Waals surface area contributed by atoms with E-state index >= 15 is 0 Å². The fraction of sp³-hybridized carbons (Fsp3) is 0.235. The smallest absolute Gasteiger partial charge is 0.202 e. The predicted octanol–water partition coefficient (Wildman–Crippen LogP) is 3.79. The van der Waals surface area contributed by atoms with Crippen LogP contribution in [0.4, 0.5) is 4.39 Å². The molecule has 2 aromatic rings. The first-order valence-corrected chi connectivity index (χ1v) is 6.62. The van der Waals surface area contributed by atoms with Crippen LogP contribution >= 0.6 is 0 Å². The van der Waals surface area contributed by atoms with Gasteiger partial charge in [-0.3, -0.25) is 4.79 Å². The largest absolute Gasteiger partial charge is 0.497 e. The average molecular weight is 288 g/mol. The molecule has 0 N–H and O–H groups in total. The lowest BCUT2D eigenvalue weighted by Crippen LogP contribution is -2.23. The maximum atomic E-state index is 13.5. The molecule has 0 aliphatic heterocycles. The molecule has 0 heterocycles. The fourth-order valence-corrected chi connectivity index (χ4v) is 1.89. The summed E-state index contributed by atoms with van der Waals surface area (Å²) < 4.78 is 24.0. The molecule has 21 heavy (non-hydrogen) atoms. The molecule has 1 unspecified atom stereocenters. The molecule has 0 aliphatic carbocycles. The van der Waals surface area contributed by atoms with Gasteiger partial charge in [0.1, 0.15) is 17.3 Å². The van der Waals surface area contributed by atoms with Crippen molar-refractivity contribution >= 4 is 5.78 Å². The lowest BCUT2D eigenvalue weighted by Gasteiger charge is -2.14. The number of Topliss-reactive ketones (excluding diaryl/α,β-unsaturated/α-hetero) is 1. The van der Waals surface area contributed by atoms with Gasteiger partial charge in [0, 0.05) is 11.6 Å². The average Bonchev–Trinajstić information content (AvgIpc) is 2.50. The van der Waals surface area contributed by atoms with Gasteiger partial charge in [-0.25, -0.2) is 4.39 Å². The van der Waals surface area contributed by atoms with Crippen molar-refractivity contribution in [3.05, 3.63) is 59.4 Å². The number of aryl methyl sites for hydroxylation is 1. The number of halogens is 1. The third-order valence-corrected chi connectivity index (χ3v) is 3.20. The molecule has 0 saturated heterocycles. The van der Waals surface area contributed by atoms with Gasteiger partial charge < -0.3 is 9.47 Å². The molecule has 1 atom stereocenters. The summed E-state index contributed by atoms with van der Waals surface area (Å²) in [5, 5.41) is 0. The second kappa shape index (κ2) is 6.39. The summed E-state index contributed by atoms with van der Waals surface area (Å²) in [5.74, 6) is 0.503. The van der Waals surface area contributed by atoms with E-state index in [1.807, 2.05) is 0 Å². The van der Waals surface area contributed by atoms with Crippen molar-refractivity contribution in [1.29, 1.82) is 0 Å². The molecular weight excluding hydrogens is 271 g/mol. The third-order valence-electron chi connectivity index (χ3n) is 3.20. The zero-order valence-corrected chi connectivity index (χ0v) is 12.2. The lowest BCUT2D eigenvalue weighted by molar-refractivity contribution is 0.0817. The van der Waals surface area contributed by atoms with E-state index in [0.29, 0.717) is 22.6 Å². The molecule has 0 amide bonds. The summed E-state index contributed by atoms with van der Waals surface area (Å²) in [4.78, 5) is 12.2. The molecular formula is C17H17FO3. The number of carbonyl (C=O) groups is 1. The maximum absolute atomic E-state index is 13.5.